The minimum Gasteiger partial charge on any atom is -0.357 e. The first-order valence-corrected chi connectivity index (χ1v) is 9.13. The largest absolute Gasteiger partial charge is 0.357 e. The lowest BCUT2D eigenvalue weighted by atomic mass is 9.87. The molecule has 24 heavy (non-hydrogen) atoms. The van der Waals surface area contributed by atoms with Gasteiger partial charge < -0.3 is 10.6 Å². The molecule has 0 unspecified atom stereocenters. The van der Waals surface area contributed by atoms with Crippen molar-refractivity contribution in [2.75, 3.05) is 6.54 Å². The molecule has 1 fully saturated rings. The van der Waals surface area contributed by atoms with Crippen molar-refractivity contribution in [3.8, 4) is 0 Å². The summed E-state index contributed by atoms with van der Waals surface area (Å²) in [7, 11) is 0. The van der Waals surface area contributed by atoms with Gasteiger partial charge in [0.2, 0.25) is 0 Å². The SMILES string of the molecule is CCNC(=NCc1ccnc2ccccc12)NC1CCC(C)CC1. The van der Waals surface area contributed by atoms with E-state index in [1.165, 1.54) is 36.6 Å². The molecule has 1 aliphatic carbocycles. The molecule has 0 radical (unpaired) electrons. The molecule has 1 saturated carbocycles. The van der Waals surface area contributed by atoms with Gasteiger partial charge in [-0.2, -0.15) is 0 Å². The molecule has 3 rings (SSSR count). The van der Waals surface area contributed by atoms with E-state index >= 15 is 0 Å². The van der Waals surface area contributed by atoms with E-state index in [-0.39, 0.29) is 0 Å². The van der Waals surface area contributed by atoms with Gasteiger partial charge in [0.25, 0.3) is 0 Å². The molecule has 0 spiro atoms. The Morgan fingerprint density at radius 1 is 1.17 bits per heavy atom. The third-order valence-corrected chi connectivity index (χ3v) is 4.85. The minimum absolute atomic E-state index is 0.549. The van der Waals surface area contributed by atoms with Crippen molar-refractivity contribution in [1.29, 1.82) is 0 Å². The third kappa shape index (κ3) is 4.25. The fraction of sp³-hybridized carbons (Fsp3) is 0.500. The molecule has 0 amide bonds. The Hall–Kier alpha value is -2.10. The smallest absolute Gasteiger partial charge is 0.191 e. The highest BCUT2D eigenvalue weighted by molar-refractivity contribution is 5.83. The highest BCUT2D eigenvalue weighted by Crippen LogP contribution is 2.23. The summed E-state index contributed by atoms with van der Waals surface area (Å²) in [5, 5.41) is 8.19. The maximum atomic E-state index is 4.81. The van der Waals surface area contributed by atoms with Gasteiger partial charge in [-0.15, -0.1) is 0 Å². The number of para-hydroxylation sites is 1. The molecule has 0 atom stereocenters. The van der Waals surface area contributed by atoms with Crippen LogP contribution in [0, 0.1) is 5.92 Å². The number of nitrogens with one attached hydrogen (secondary N) is 2. The molecule has 0 aliphatic heterocycles. The van der Waals surface area contributed by atoms with Crippen LogP contribution in [-0.4, -0.2) is 23.5 Å². The van der Waals surface area contributed by atoms with Gasteiger partial charge in [-0.25, -0.2) is 4.99 Å². The normalized spacial score (nSPS) is 21.7. The first-order chi connectivity index (χ1) is 11.8. The molecule has 1 aromatic heterocycles. The predicted molar refractivity (Wildman–Crippen MR) is 101 cm³/mol. The molecule has 0 bridgehead atoms. The van der Waals surface area contributed by atoms with Gasteiger partial charge in [0, 0.05) is 24.2 Å². The van der Waals surface area contributed by atoms with Crippen LogP contribution in [0.2, 0.25) is 0 Å². The zero-order valence-corrected chi connectivity index (χ0v) is 14.8. The monoisotopic (exact) mass is 324 g/mol. The molecule has 2 N–H and O–H groups in total. The Labute approximate surface area is 144 Å². The average Bonchev–Trinajstić information content (AvgIpc) is 2.62. The number of benzene rings is 1. The molecular weight excluding hydrogens is 296 g/mol. The highest BCUT2D eigenvalue weighted by Gasteiger charge is 2.18. The topological polar surface area (TPSA) is 49.3 Å². The first-order valence-electron chi connectivity index (χ1n) is 9.13. The Morgan fingerprint density at radius 2 is 1.96 bits per heavy atom. The number of rotatable bonds is 4. The number of hydrogen-bond donors (Lipinski definition) is 2. The Balaban J connectivity index is 1.71. The van der Waals surface area contributed by atoms with E-state index in [0.29, 0.717) is 12.6 Å². The second kappa shape index (κ2) is 8.13. The fourth-order valence-electron chi connectivity index (χ4n) is 3.37. The number of fused-ring (bicyclic) bond motifs is 1. The van der Waals surface area contributed by atoms with Crippen molar-refractivity contribution in [3.05, 3.63) is 42.1 Å². The standard InChI is InChI=1S/C20H28N4/c1-3-21-20(24-17-10-8-15(2)9-11-17)23-14-16-12-13-22-19-7-5-4-6-18(16)19/h4-7,12-13,15,17H,3,8-11,14H2,1-2H3,(H2,21,23,24). The molecule has 4 heteroatoms. The van der Waals surface area contributed by atoms with Crippen molar-refractivity contribution in [1.82, 2.24) is 15.6 Å². The molecule has 1 heterocycles. The summed E-state index contributed by atoms with van der Waals surface area (Å²) in [6.45, 7) is 6.01. The van der Waals surface area contributed by atoms with Crippen molar-refractivity contribution >= 4 is 16.9 Å². The van der Waals surface area contributed by atoms with E-state index in [9.17, 15) is 0 Å². The van der Waals surface area contributed by atoms with Crippen LogP contribution in [0.25, 0.3) is 10.9 Å². The van der Waals surface area contributed by atoms with Gasteiger partial charge in [0.05, 0.1) is 12.1 Å². The van der Waals surface area contributed by atoms with Crippen LogP contribution in [0.1, 0.15) is 45.1 Å². The van der Waals surface area contributed by atoms with Crippen LogP contribution in [0.5, 0.6) is 0 Å². The van der Waals surface area contributed by atoms with Crippen LogP contribution < -0.4 is 10.6 Å². The molecule has 1 aliphatic rings. The van der Waals surface area contributed by atoms with Crippen LogP contribution in [0.3, 0.4) is 0 Å². The minimum atomic E-state index is 0.549. The lowest BCUT2D eigenvalue weighted by Crippen LogP contribution is -2.44. The third-order valence-electron chi connectivity index (χ3n) is 4.85. The molecule has 0 saturated heterocycles. The quantitative estimate of drug-likeness (QED) is 0.663. The number of nitrogens with zero attached hydrogens (tertiary/aromatic N) is 2. The molecule has 2 aromatic rings. The summed E-state index contributed by atoms with van der Waals surface area (Å²) in [6, 6.07) is 10.9. The first kappa shape index (κ1) is 16.7. The maximum Gasteiger partial charge on any atom is 0.191 e. The van der Waals surface area contributed by atoms with Crippen LogP contribution in [0.15, 0.2) is 41.5 Å². The second-order valence-electron chi connectivity index (χ2n) is 6.78. The van der Waals surface area contributed by atoms with E-state index < -0.39 is 0 Å². The Bertz CT molecular complexity index is 682. The number of pyridine rings is 1. The second-order valence-corrected chi connectivity index (χ2v) is 6.78. The predicted octanol–water partition coefficient (Wildman–Crippen LogP) is 3.87. The summed E-state index contributed by atoms with van der Waals surface area (Å²) in [5.74, 6) is 1.80. The summed E-state index contributed by atoms with van der Waals surface area (Å²) < 4.78 is 0. The number of aromatic nitrogens is 1. The van der Waals surface area contributed by atoms with E-state index in [1.54, 1.807) is 0 Å². The molecule has 4 nitrogen and oxygen atoms in total. The van der Waals surface area contributed by atoms with Gasteiger partial charge in [0.1, 0.15) is 0 Å². The van der Waals surface area contributed by atoms with E-state index in [0.717, 1.165) is 23.9 Å². The van der Waals surface area contributed by atoms with Gasteiger partial charge in [-0.3, -0.25) is 4.98 Å². The number of aliphatic imine (C=N–C) groups is 1. The summed E-state index contributed by atoms with van der Waals surface area (Å²) in [6.07, 6.45) is 6.97. The van der Waals surface area contributed by atoms with E-state index in [2.05, 4.69) is 53.7 Å². The maximum absolute atomic E-state index is 4.81. The van der Waals surface area contributed by atoms with Crippen molar-refractivity contribution < 1.29 is 0 Å². The molecular formula is C20H28N4. The Morgan fingerprint density at radius 3 is 2.75 bits per heavy atom. The van der Waals surface area contributed by atoms with Crippen molar-refractivity contribution in [3.63, 3.8) is 0 Å². The van der Waals surface area contributed by atoms with Gasteiger partial charge in [-0.05, 0) is 56.2 Å². The van der Waals surface area contributed by atoms with Gasteiger partial charge in [0.15, 0.2) is 5.96 Å². The van der Waals surface area contributed by atoms with Crippen LogP contribution in [-0.2, 0) is 6.54 Å². The van der Waals surface area contributed by atoms with Crippen molar-refractivity contribution in [2.24, 2.45) is 10.9 Å². The lowest BCUT2D eigenvalue weighted by molar-refractivity contribution is 0.329. The zero-order chi connectivity index (χ0) is 16.8. The number of guanidine groups is 1. The van der Waals surface area contributed by atoms with Gasteiger partial charge in [-0.1, -0.05) is 25.1 Å². The summed E-state index contributed by atoms with van der Waals surface area (Å²) in [5.41, 5.74) is 2.25. The van der Waals surface area contributed by atoms with Crippen molar-refractivity contribution in [2.45, 2.75) is 52.1 Å². The fourth-order valence-corrected chi connectivity index (χ4v) is 3.37. The zero-order valence-electron chi connectivity index (χ0n) is 14.8. The Kier molecular flexibility index (Phi) is 5.68. The average molecular weight is 324 g/mol. The van der Waals surface area contributed by atoms with Gasteiger partial charge >= 0.3 is 0 Å². The summed E-state index contributed by atoms with van der Waals surface area (Å²) in [4.78, 5) is 9.24. The number of hydrogen-bond acceptors (Lipinski definition) is 2. The molecule has 128 valence electrons. The van der Waals surface area contributed by atoms with E-state index in [1.807, 2.05) is 12.3 Å². The lowest BCUT2D eigenvalue weighted by Gasteiger charge is -2.28. The van der Waals surface area contributed by atoms with E-state index in [4.69, 9.17) is 4.99 Å². The highest BCUT2D eigenvalue weighted by atomic mass is 15.2. The van der Waals surface area contributed by atoms with Crippen LogP contribution in [0.4, 0.5) is 0 Å². The summed E-state index contributed by atoms with van der Waals surface area (Å²) >= 11 is 0. The molecule has 1 aromatic carbocycles. The van der Waals surface area contributed by atoms with Crippen LogP contribution >= 0.6 is 0 Å².